The molecular formula is C21H25N5O2. The molecule has 2 amide bonds. The highest BCUT2D eigenvalue weighted by Crippen LogP contribution is 2.18. The van der Waals surface area contributed by atoms with Crippen molar-refractivity contribution in [2.45, 2.75) is 13.3 Å². The van der Waals surface area contributed by atoms with Gasteiger partial charge in [0.15, 0.2) is 5.69 Å². The minimum atomic E-state index is -0.343. The van der Waals surface area contributed by atoms with Crippen LogP contribution in [0.2, 0.25) is 0 Å². The lowest BCUT2D eigenvalue weighted by molar-refractivity contribution is 0.0941. The van der Waals surface area contributed by atoms with Crippen LogP contribution in [0.1, 0.15) is 33.1 Å². The van der Waals surface area contributed by atoms with Gasteiger partial charge in [0, 0.05) is 18.4 Å². The monoisotopic (exact) mass is 379 g/mol. The first-order chi connectivity index (χ1) is 13.5. The number of amides is 2. The molecule has 0 atom stereocenters. The quantitative estimate of drug-likeness (QED) is 0.619. The second-order valence-corrected chi connectivity index (χ2v) is 6.92. The smallest absolute Gasteiger partial charge is 0.287 e. The number of aryl methyl sites for hydroxylation is 1. The molecule has 7 heteroatoms. The van der Waals surface area contributed by atoms with Crippen LogP contribution in [-0.4, -0.2) is 53.3 Å². The number of fused-ring (bicyclic) bond motifs is 1. The van der Waals surface area contributed by atoms with Crippen molar-refractivity contribution in [2.75, 3.05) is 32.5 Å². The second-order valence-electron chi connectivity index (χ2n) is 6.92. The fourth-order valence-electron chi connectivity index (χ4n) is 2.94. The van der Waals surface area contributed by atoms with Crippen molar-refractivity contribution in [1.82, 2.24) is 19.6 Å². The summed E-state index contributed by atoms with van der Waals surface area (Å²) >= 11 is 0. The summed E-state index contributed by atoms with van der Waals surface area (Å²) in [5.74, 6) is -0.435. The number of hydrogen-bond donors (Lipinski definition) is 2. The van der Waals surface area contributed by atoms with Gasteiger partial charge in [-0.3, -0.25) is 14.0 Å². The molecule has 0 bridgehead atoms. The van der Waals surface area contributed by atoms with Crippen LogP contribution in [0.4, 0.5) is 5.69 Å². The van der Waals surface area contributed by atoms with Crippen LogP contribution in [0.25, 0.3) is 5.52 Å². The Morgan fingerprint density at radius 3 is 2.57 bits per heavy atom. The highest BCUT2D eigenvalue weighted by molar-refractivity contribution is 6.09. The molecule has 0 aliphatic heterocycles. The van der Waals surface area contributed by atoms with Crippen molar-refractivity contribution < 1.29 is 9.59 Å². The van der Waals surface area contributed by atoms with Gasteiger partial charge in [-0.05, 0) is 57.7 Å². The molecule has 2 heterocycles. The first-order valence-corrected chi connectivity index (χ1v) is 9.24. The Hall–Kier alpha value is -3.19. The molecule has 0 saturated carbocycles. The number of para-hydroxylation sites is 1. The van der Waals surface area contributed by atoms with E-state index in [4.69, 9.17) is 0 Å². The summed E-state index contributed by atoms with van der Waals surface area (Å²) in [7, 11) is 3.98. The molecule has 146 valence electrons. The van der Waals surface area contributed by atoms with Gasteiger partial charge in [0.2, 0.25) is 5.82 Å². The number of aromatic nitrogens is 2. The first-order valence-electron chi connectivity index (χ1n) is 9.24. The number of carbonyl (C=O) groups is 2. The first kappa shape index (κ1) is 19.6. The van der Waals surface area contributed by atoms with Crippen LogP contribution >= 0.6 is 0 Å². The molecule has 0 radical (unpaired) electrons. The number of imidazole rings is 1. The molecule has 0 aliphatic rings. The van der Waals surface area contributed by atoms with E-state index in [1.54, 1.807) is 22.7 Å². The van der Waals surface area contributed by atoms with Gasteiger partial charge in [-0.15, -0.1) is 0 Å². The van der Waals surface area contributed by atoms with Gasteiger partial charge in [-0.2, -0.15) is 0 Å². The van der Waals surface area contributed by atoms with Gasteiger partial charge in [0.1, 0.15) is 0 Å². The topological polar surface area (TPSA) is 78.7 Å². The zero-order chi connectivity index (χ0) is 20.1. The van der Waals surface area contributed by atoms with Gasteiger partial charge < -0.3 is 15.5 Å². The van der Waals surface area contributed by atoms with Crippen molar-refractivity contribution in [1.29, 1.82) is 0 Å². The number of hydrogen-bond acceptors (Lipinski definition) is 4. The lowest BCUT2D eigenvalue weighted by Crippen LogP contribution is -2.28. The van der Waals surface area contributed by atoms with Crippen molar-refractivity contribution in [2.24, 2.45) is 0 Å². The van der Waals surface area contributed by atoms with Crippen molar-refractivity contribution in [3.8, 4) is 0 Å². The summed E-state index contributed by atoms with van der Waals surface area (Å²) in [5, 5.41) is 5.76. The maximum Gasteiger partial charge on any atom is 0.287 e. The minimum absolute atomic E-state index is 0.204. The van der Waals surface area contributed by atoms with Crippen LogP contribution < -0.4 is 10.6 Å². The van der Waals surface area contributed by atoms with Gasteiger partial charge in [0.05, 0.1) is 5.52 Å². The van der Waals surface area contributed by atoms with E-state index in [2.05, 4.69) is 20.5 Å². The molecule has 28 heavy (non-hydrogen) atoms. The third-order valence-electron chi connectivity index (χ3n) is 4.43. The van der Waals surface area contributed by atoms with Crippen molar-refractivity contribution in [3.05, 3.63) is 65.7 Å². The van der Waals surface area contributed by atoms with Gasteiger partial charge >= 0.3 is 0 Å². The Balaban J connectivity index is 1.83. The van der Waals surface area contributed by atoms with Crippen molar-refractivity contribution in [3.63, 3.8) is 0 Å². The van der Waals surface area contributed by atoms with Crippen molar-refractivity contribution >= 4 is 23.0 Å². The van der Waals surface area contributed by atoms with Crippen LogP contribution in [0.15, 0.2) is 48.7 Å². The van der Waals surface area contributed by atoms with Crippen LogP contribution in [0, 0.1) is 6.92 Å². The van der Waals surface area contributed by atoms with E-state index in [0.29, 0.717) is 12.1 Å². The fourth-order valence-corrected chi connectivity index (χ4v) is 2.94. The predicted molar refractivity (Wildman–Crippen MR) is 110 cm³/mol. The van der Waals surface area contributed by atoms with E-state index in [-0.39, 0.29) is 23.3 Å². The summed E-state index contributed by atoms with van der Waals surface area (Å²) in [5.41, 5.74) is 2.49. The number of pyridine rings is 1. The third-order valence-corrected chi connectivity index (χ3v) is 4.43. The standard InChI is InChI=1S/C21H25N5O2/c1-15-9-4-5-10-16(15)23-20(27)18-17-11-6-7-14-26(17)19(24-18)21(28)22-12-8-13-25(2)3/h4-7,9-11,14H,8,12-13H2,1-3H3,(H,22,28)(H,23,27). The normalized spacial score (nSPS) is 11.0. The maximum atomic E-state index is 12.8. The Labute approximate surface area is 164 Å². The summed E-state index contributed by atoms with van der Waals surface area (Å²) in [6, 6.07) is 12.9. The highest BCUT2D eigenvalue weighted by atomic mass is 16.2. The Bertz CT molecular complexity index is 993. The van der Waals surface area contributed by atoms with Gasteiger partial charge in [-0.25, -0.2) is 4.98 Å². The molecule has 2 aromatic heterocycles. The average Bonchev–Trinajstić information content (AvgIpc) is 3.07. The maximum absolute atomic E-state index is 12.8. The van der Waals surface area contributed by atoms with E-state index < -0.39 is 0 Å². The molecule has 0 aliphatic carbocycles. The predicted octanol–water partition coefficient (Wildman–Crippen LogP) is 2.58. The fraction of sp³-hybridized carbons (Fsp3) is 0.286. The Kier molecular flexibility index (Phi) is 6.06. The number of nitrogens with one attached hydrogen (secondary N) is 2. The molecule has 3 aromatic rings. The van der Waals surface area contributed by atoms with Gasteiger partial charge in [-0.1, -0.05) is 24.3 Å². The lowest BCUT2D eigenvalue weighted by Gasteiger charge is -2.09. The average molecular weight is 379 g/mol. The summed E-state index contributed by atoms with van der Waals surface area (Å²) < 4.78 is 1.65. The molecule has 0 saturated heterocycles. The number of anilines is 1. The third kappa shape index (κ3) is 4.37. The molecule has 0 spiro atoms. The highest BCUT2D eigenvalue weighted by Gasteiger charge is 2.21. The van der Waals surface area contributed by atoms with E-state index in [1.165, 1.54) is 0 Å². The second kappa shape index (κ2) is 8.67. The molecule has 1 aromatic carbocycles. The summed E-state index contributed by atoms with van der Waals surface area (Å²) in [4.78, 5) is 31.9. The zero-order valence-corrected chi connectivity index (χ0v) is 16.4. The van der Waals surface area contributed by atoms with E-state index in [1.807, 2.05) is 51.4 Å². The Morgan fingerprint density at radius 2 is 1.82 bits per heavy atom. The molecule has 3 rings (SSSR count). The molecule has 0 fully saturated rings. The molecule has 2 N–H and O–H groups in total. The number of rotatable bonds is 7. The minimum Gasteiger partial charge on any atom is -0.349 e. The largest absolute Gasteiger partial charge is 0.349 e. The van der Waals surface area contributed by atoms with Crippen LogP contribution in [0.5, 0.6) is 0 Å². The van der Waals surface area contributed by atoms with Crippen LogP contribution in [-0.2, 0) is 0 Å². The number of benzene rings is 1. The SMILES string of the molecule is Cc1ccccc1NC(=O)c1nc(C(=O)NCCCN(C)C)n2ccccc12. The van der Waals surface area contributed by atoms with Gasteiger partial charge in [0.25, 0.3) is 11.8 Å². The van der Waals surface area contributed by atoms with Crippen LogP contribution in [0.3, 0.4) is 0 Å². The Morgan fingerprint density at radius 1 is 1.07 bits per heavy atom. The molecule has 7 nitrogen and oxygen atoms in total. The number of nitrogens with zero attached hydrogens (tertiary/aromatic N) is 3. The lowest BCUT2D eigenvalue weighted by atomic mass is 10.2. The number of carbonyl (C=O) groups excluding carboxylic acids is 2. The van der Waals surface area contributed by atoms with E-state index in [9.17, 15) is 9.59 Å². The summed E-state index contributed by atoms with van der Waals surface area (Å²) in [6.07, 6.45) is 2.57. The van der Waals surface area contributed by atoms with E-state index in [0.717, 1.165) is 24.2 Å². The molecule has 0 unspecified atom stereocenters. The zero-order valence-electron chi connectivity index (χ0n) is 16.4. The summed E-state index contributed by atoms with van der Waals surface area (Å²) in [6.45, 7) is 3.35. The van der Waals surface area contributed by atoms with E-state index >= 15 is 0 Å². The molecular weight excluding hydrogens is 354 g/mol.